The Morgan fingerprint density at radius 1 is 1.09 bits per heavy atom. The summed E-state index contributed by atoms with van der Waals surface area (Å²) in [5.41, 5.74) is 5.67. The molecule has 1 fully saturated rings. The molecular formula is C27H23FN4O3. The van der Waals surface area contributed by atoms with Crippen molar-refractivity contribution in [2.24, 2.45) is 0 Å². The Morgan fingerprint density at radius 3 is 2.57 bits per heavy atom. The molecule has 1 aromatic heterocycles. The van der Waals surface area contributed by atoms with Gasteiger partial charge in [0.15, 0.2) is 0 Å². The lowest BCUT2D eigenvalue weighted by atomic mass is 9.87. The fourth-order valence-electron chi connectivity index (χ4n) is 4.82. The van der Waals surface area contributed by atoms with Crippen LogP contribution < -0.4 is 15.4 Å². The number of anilines is 1. The summed E-state index contributed by atoms with van der Waals surface area (Å²) in [6, 6.07) is 12.8. The monoisotopic (exact) mass is 470 g/mol. The van der Waals surface area contributed by atoms with Gasteiger partial charge in [-0.2, -0.15) is 4.39 Å². The zero-order valence-electron chi connectivity index (χ0n) is 19.2. The average Bonchev–Trinajstić information content (AvgIpc) is 2.81. The molecule has 2 amide bonds. The predicted octanol–water partition coefficient (Wildman–Crippen LogP) is 3.85. The number of likely N-dealkylation sites (tertiary alicyclic amines) is 1. The number of aromatic nitrogens is 1. The number of pyridine rings is 1. The summed E-state index contributed by atoms with van der Waals surface area (Å²) < 4.78 is 21.0. The number of fused-ring (bicyclic) bond motifs is 4. The van der Waals surface area contributed by atoms with Crippen LogP contribution in [0, 0.1) is 5.95 Å². The third kappa shape index (κ3) is 3.62. The van der Waals surface area contributed by atoms with Gasteiger partial charge in [-0.1, -0.05) is 18.7 Å². The number of carbonyl (C=O) groups is 2. The first-order valence-electron chi connectivity index (χ1n) is 11.5. The van der Waals surface area contributed by atoms with Crippen molar-refractivity contribution in [1.29, 1.82) is 0 Å². The zero-order chi connectivity index (χ0) is 24.3. The molecule has 0 saturated carbocycles. The highest BCUT2D eigenvalue weighted by molar-refractivity contribution is 6.03. The van der Waals surface area contributed by atoms with Crippen LogP contribution in [0.1, 0.15) is 28.4 Å². The molecule has 4 heterocycles. The van der Waals surface area contributed by atoms with Gasteiger partial charge < -0.3 is 20.3 Å². The molecule has 3 aliphatic rings. The number of ether oxygens (including phenoxy) is 1. The summed E-state index contributed by atoms with van der Waals surface area (Å²) in [5, 5.41) is 5.96. The predicted molar refractivity (Wildman–Crippen MR) is 130 cm³/mol. The molecule has 0 unspecified atom stereocenters. The first kappa shape index (κ1) is 21.3. The van der Waals surface area contributed by atoms with E-state index in [1.807, 2.05) is 12.1 Å². The molecular weight excluding hydrogens is 447 g/mol. The maximum absolute atomic E-state index is 15.1. The maximum atomic E-state index is 15.1. The van der Waals surface area contributed by atoms with Gasteiger partial charge in [-0.15, -0.1) is 0 Å². The summed E-state index contributed by atoms with van der Waals surface area (Å²) in [6.07, 6.45) is 0.702. The van der Waals surface area contributed by atoms with Gasteiger partial charge in [0.1, 0.15) is 17.7 Å². The minimum atomic E-state index is -0.588. The fourth-order valence-corrected chi connectivity index (χ4v) is 4.82. The van der Waals surface area contributed by atoms with E-state index in [1.165, 1.54) is 0 Å². The van der Waals surface area contributed by atoms with E-state index in [0.29, 0.717) is 53.6 Å². The second kappa shape index (κ2) is 7.94. The van der Waals surface area contributed by atoms with Crippen molar-refractivity contribution in [2.45, 2.75) is 19.4 Å². The third-order valence-electron chi connectivity index (χ3n) is 6.79. The van der Waals surface area contributed by atoms with E-state index in [9.17, 15) is 9.59 Å². The molecule has 3 aliphatic heterocycles. The van der Waals surface area contributed by atoms with Gasteiger partial charge in [-0.05, 0) is 53.4 Å². The standard InChI is InChI=1S/C27H23FN4O3/c1-14-20-10-22-17(7-8-29-27(22)34)9-23(20)24-11-21(25(28)31-26(24)30-14)16-3-5-18(6-4-16)35-19-12-32(13-19)15(2)33/h3-6,9-11,19H,1,7-8,12-13H2,2H3,(H,29,34)(H,30,31). The van der Waals surface area contributed by atoms with E-state index in [-0.39, 0.29) is 17.9 Å². The van der Waals surface area contributed by atoms with Crippen molar-refractivity contribution in [3.05, 3.63) is 71.7 Å². The van der Waals surface area contributed by atoms with Crippen molar-refractivity contribution in [3.8, 4) is 28.0 Å². The molecule has 6 rings (SSSR count). The summed E-state index contributed by atoms with van der Waals surface area (Å²) in [6.45, 7) is 7.33. The number of rotatable bonds is 3. The van der Waals surface area contributed by atoms with Gasteiger partial charge in [0.2, 0.25) is 11.9 Å². The van der Waals surface area contributed by atoms with Crippen LogP contribution in [0.4, 0.5) is 10.2 Å². The molecule has 8 heteroatoms. The van der Waals surface area contributed by atoms with E-state index >= 15 is 4.39 Å². The zero-order valence-corrected chi connectivity index (χ0v) is 19.2. The molecule has 3 aromatic rings. The molecule has 0 atom stereocenters. The van der Waals surface area contributed by atoms with Gasteiger partial charge in [0, 0.05) is 41.4 Å². The third-order valence-corrected chi connectivity index (χ3v) is 6.79. The van der Waals surface area contributed by atoms with Gasteiger partial charge in [0.25, 0.3) is 5.91 Å². The lowest BCUT2D eigenvalue weighted by Crippen LogP contribution is -2.55. The Hall–Kier alpha value is -4.20. The van der Waals surface area contributed by atoms with Crippen LogP contribution in [-0.2, 0) is 11.2 Å². The van der Waals surface area contributed by atoms with Crippen molar-refractivity contribution < 1.29 is 18.7 Å². The first-order valence-corrected chi connectivity index (χ1v) is 11.5. The number of hydrogen-bond acceptors (Lipinski definition) is 5. The van der Waals surface area contributed by atoms with E-state index in [2.05, 4.69) is 22.2 Å². The van der Waals surface area contributed by atoms with Crippen LogP contribution in [-0.4, -0.2) is 47.4 Å². The summed E-state index contributed by atoms with van der Waals surface area (Å²) in [7, 11) is 0. The summed E-state index contributed by atoms with van der Waals surface area (Å²) in [4.78, 5) is 29.6. The number of carbonyl (C=O) groups excluding carboxylic acids is 2. The quantitative estimate of drug-likeness (QED) is 0.569. The lowest BCUT2D eigenvalue weighted by Gasteiger charge is -2.38. The number of benzene rings is 2. The molecule has 1 saturated heterocycles. The Balaban J connectivity index is 1.32. The molecule has 0 radical (unpaired) electrons. The van der Waals surface area contributed by atoms with Crippen molar-refractivity contribution >= 4 is 23.3 Å². The van der Waals surface area contributed by atoms with Gasteiger partial charge in [-0.3, -0.25) is 9.59 Å². The largest absolute Gasteiger partial charge is 0.487 e. The molecule has 2 aromatic carbocycles. The van der Waals surface area contributed by atoms with Crippen molar-refractivity contribution in [1.82, 2.24) is 15.2 Å². The van der Waals surface area contributed by atoms with E-state index in [4.69, 9.17) is 4.74 Å². The number of hydrogen-bond donors (Lipinski definition) is 2. The van der Waals surface area contributed by atoms with Gasteiger partial charge >= 0.3 is 0 Å². The molecule has 0 bridgehead atoms. The minimum Gasteiger partial charge on any atom is -0.487 e. The first-order chi connectivity index (χ1) is 16.9. The smallest absolute Gasteiger partial charge is 0.251 e. The van der Waals surface area contributed by atoms with Crippen LogP contribution in [0.5, 0.6) is 5.75 Å². The second-order valence-corrected chi connectivity index (χ2v) is 9.08. The Morgan fingerprint density at radius 2 is 1.83 bits per heavy atom. The van der Waals surface area contributed by atoms with Crippen molar-refractivity contribution in [2.75, 3.05) is 25.0 Å². The second-order valence-electron chi connectivity index (χ2n) is 9.08. The summed E-state index contributed by atoms with van der Waals surface area (Å²) in [5.74, 6) is 0.433. The fraction of sp³-hybridized carbons (Fsp3) is 0.222. The number of halogens is 1. The lowest BCUT2D eigenvalue weighted by molar-refractivity contribution is -0.137. The topological polar surface area (TPSA) is 83.6 Å². The Kier molecular flexibility index (Phi) is 4.84. The van der Waals surface area contributed by atoms with Crippen LogP contribution in [0.2, 0.25) is 0 Å². The summed E-state index contributed by atoms with van der Waals surface area (Å²) >= 11 is 0. The average molecular weight is 471 g/mol. The number of nitrogens with zero attached hydrogens (tertiary/aromatic N) is 2. The van der Waals surface area contributed by atoms with Crippen LogP contribution in [0.3, 0.4) is 0 Å². The highest BCUT2D eigenvalue weighted by Gasteiger charge is 2.30. The highest BCUT2D eigenvalue weighted by atomic mass is 19.1. The van der Waals surface area contributed by atoms with Crippen LogP contribution >= 0.6 is 0 Å². The van der Waals surface area contributed by atoms with E-state index in [1.54, 1.807) is 42.2 Å². The highest BCUT2D eigenvalue weighted by Crippen LogP contribution is 2.42. The number of amides is 2. The van der Waals surface area contributed by atoms with E-state index in [0.717, 1.165) is 28.7 Å². The molecule has 2 N–H and O–H groups in total. The van der Waals surface area contributed by atoms with Gasteiger partial charge in [0.05, 0.1) is 13.1 Å². The van der Waals surface area contributed by atoms with E-state index < -0.39 is 5.95 Å². The molecule has 35 heavy (non-hydrogen) atoms. The minimum absolute atomic E-state index is 0.0319. The number of nitrogens with one attached hydrogen (secondary N) is 2. The van der Waals surface area contributed by atoms with Crippen LogP contribution in [0.15, 0.2) is 49.0 Å². The molecule has 7 nitrogen and oxygen atoms in total. The molecule has 0 aliphatic carbocycles. The molecule has 176 valence electrons. The Labute approximate surface area is 201 Å². The molecule has 0 spiro atoms. The normalized spacial score (nSPS) is 16.3. The van der Waals surface area contributed by atoms with Gasteiger partial charge in [-0.25, -0.2) is 4.98 Å². The Bertz CT molecular complexity index is 1410. The van der Waals surface area contributed by atoms with Crippen molar-refractivity contribution in [3.63, 3.8) is 0 Å². The maximum Gasteiger partial charge on any atom is 0.251 e. The SMILES string of the molecule is C=C1Nc2nc(F)c(-c3ccc(OC4CN(C(C)=O)C4)cc3)cc2-c2cc3c(cc21)C(=O)NCC3. The van der Waals surface area contributed by atoms with Crippen LogP contribution in [0.25, 0.3) is 28.0 Å².